The first kappa shape index (κ1) is 29.9. The van der Waals surface area contributed by atoms with Gasteiger partial charge >= 0.3 is 0 Å². The molecular formula is C53H31N3. The first-order chi connectivity index (χ1) is 27.8. The lowest BCUT2D eigenvalue weighted by molar-refractivity contribution is 1.32. The number of para-hydroxylation sites is 3. The summed E-state index contributed by atoms with van der Waals surface area (Å²) >= 11 is 0. The highest BCUT2D eigenvalue weighted by Gasteiger charge is 2.21. The number of hydrogen-bond acceptors (Lipinski definition) is 1. The molecule has 0 aliphatic heterocycles. The van der Waals surface area contributed by atoms with E-state index in [2.05, 4.69) is 197 Å². The second-order valence-corrected chi connectivity index (χ2v) is 15.1. The Kier molecular flexibility index (Phi) is 5.89. The first-order valence-corrected chi connectivity index (χ1v) is 19.3. The molecule has 3 heteroatoms. The van der Waals surface area contributed by atoms with Crippen molar-refractivity contribution in [2.45, 2.75) is 0 Å². The predicted octanol–water partition coefficient (Wildman–Crippen LogP) is 14.0. The first-order valence-electron chi connectivity index (χ1n) is 19.3. The van der Waals surface area contributed by atoms with Gasteiger partial charge in [0, 0.05) is 54.2 Å². The molecular weight excluding hydrogens is 679 g/mol. The van der Waals surface area contributed by atoms with Gasteiger partial charge in [-0.3, -0.25) is 0 Å². The van der Waals surface area contributed by atoms with Gasteiger partial charge < -0.3 is 8.80 Å². The fourth-order valence-electron chi connectivity index (χ4n) is 9.67. The van der Waals surface area contributed by atoms with E-state index >= 15 is 0 Å². The molecule has 0 saturated carbocycles. The van der Waals surface area contributed by atoms with Crippen LogP contribution in [0.15, 0.2) is 188 Å². The summed E-state index contributed by atoms with van der Waals surface area (Å²) in [6.07, 6.45) is 0. The summed E-state index contributed by atoms with van der Waals surface area (Å²) in [5, 5.41) is 10.2. The highest BCUT2D eigenvalue weighted by molar-refractivity contribution is 6.26. The molecule has 3 nitrogen and oxygen atoms in total. The fourth-order valence-corrected chi connectivity index (χ4v) is 9.67. The van der Waals surface area contributed by atoms with Crippen molar-refractivity contribution >= 4 is 76.2 Å². The Bertz CT molecular complexity index is 3630. The summed E-state index contributed by atoms with van der Waals surface area (Å²) in [6.45, 7) is 0. The Hall–Kier alpha value is -7.49. The second-order valence-electron chi connectivity index (χ2n) is 15.1. The predicted molar refractivity (Wildman–Crippen MR) is 235 cm³/mol. The molecule has 0 unspecified atom stereocenters. The molecule has 0 amide bonds. The van der Waals surface area contributed by atoms with Crippen LogP contribution in [0.2, 0.25) is 0 Å². The molecule has 0 radical (unpaired) electrons. The number of benzene rings is 8. The molecule has 0 saturated heterocycles. The maximum atomic E-state index is 5.30. The number of hydrogen-bond donors (Lipinski definition) is 0. The highest BCUT2D eigenvalue weighted by atomic mass is 14.9. The van der Waals surface area contributed by atoms with Gasteiger partial charge in [-0.05, 0) is 82.9 Å². The van der Waals surface area contributed by atoms with Crippen molar-refractivity contribution in [2.75, 3.05) is 0 Å². The lowest BCUT2D eigenvalue weighted by Gasteiger charge is -2.11. The van der Waals surface area contributed by atoms with E-state index in [4.69, 9.17) is 4.98 Å². The van der Waals surface area contributed by atoms with Crippen LogP contribution >= 0.6 is 0 Å². The zero-order valence-corrected chi connectivity index (χ0v) is 30.2. The molecule has 5 aromatic heterocycles. The highest BCUT2D eigenvalue weighted by Crippen LogP contribution is 2.45. The van der Waals surface area contributed by atoms with Crippen molar-refractivity contribution in [3.8, 4) is 44.8 Å². The summed E-state index contributed by atoms with van der Waals surface area (Å²) in [5.41, 5.74) is 16.4. The van der Waals surface area contributed by atoms with Gasteiger partial charge in [-0.1, -0.05) is 127 Å². The molecule has 0 aliphatic carbocycles. The third kappa shape index (κ3) is 4.04. The molecule has 258 valence electrons. The number of fused-ring (bicyclic) bond motifs is 12. The molecule has 0 spiro atoms. The average molecular weight is 710 g/mol. The van der Waals surface area contributed by atoms with Crippen molar-refractivity contribution in [3.05, 3.63) is 188 Å². The Labute approximate surface area is 321 Å². The SMILES string of the molecule is c1ccc(-c2cc(-c3ccccc3)nc(-c3ccc4c(c3)c3cc(-c5ccc6c(c5)c5cccc7c8ccccc8n6c75)cc5c6ccccc6n4c53)c2)cc1. The molecule has 0 atom stereocenters. The van der Waals surface area contributed by atoms with E-state index in [1.54, 1.807) is 0 Å². The van der Waals surface area contributed by atoms with Gasteiger partial charge in [-0.2, -0.15) is 0 Å². The molecule has 0 fully saturated rings. The van der Waals surface area contributed by atoms with E-state index in [1.807, 2.05) is 0 Å². The molecule has 8 aromatic carbocycles. The van der Waals surface area contributed by atoms with Crippen LogP contribution in [-0.2, 0) is 0 Å². The number of rotatable bonds is 4. The molecule has 13 rings (SSSR count). The van der Waals surface area contributed by atoms with Crippen molar-refractivity contribution in [3.63, 3.8) is 0 Å². The van der Waals surface area contributed by atoms with Gasteiger partial charge in [-0.15, -0.1) is 0 Å². The van der Waals surface area contributed by atoms with Crippen molar-refractivity contribution in [1.82, 2.24) is 13.8 Å². The largest absolute Gasteiger partial charge is 0.308 e. The molecule has 5 heterocycles. The molecule has 0 aliphatic rings. The minimum Gasteiger partial charge on any atom is -0.308 e. The minimum absolute atomic E-state index is 0.964. The van der Waals surface area contributed by atoms with Crippen LogP contribution in [0.3, 0.4) is 0 Å². The van der Waals surface area contributed by atoms with Gasteiger partial charge in [0.2, 0.25) is 0 Å². The van der Waals surface area contributed by atoms with Crippen LogP contribution < -0.4 is 0 Å². The van der Waals surface area contributed by atoms with E-state index in [1.165, 1.54) is 92.9 Å². The molecule has 0 bridgehead atoms. The minimum atomic E-state index is 0.964. The van der Waals surface area contributed by atoms with E-state index in [0.717, 1.165) is 28.1 Å². The summed E-state index contributed by atoms with van der Waals surface area (Å²) in [7, 11) is 0. The van der Waals surface area contributed by atoms with Gasteiger partial charge in [0.25, 0.3) is 0 Å². The van der Waals surface area contributed by atoms with Crippen LogP contribution in [-0.4, -0.2) is 13.8 Å². The van der Waals surface area contributed by atoms with Crippen LogP contribution in [0.4, 0.5) is 0 Å². The van der Waals surface area contributed by atoms with Crippen molar-refractivity contribution in [2.24, 2.45) is 0 Å². The van der Waals surface area contributed by atoms with Crippen LogP contribution in [0, 0.1) is 0 Å². The maximum absolute atomic E-state index is 5.30. The Morgan fingerprint density at radius 2 is 0.679 bits per heavy atom. The number of aromatic nitrogens is 3. The van der Waals surface area contributed by atoms with Crippen molar-refractivity contribution in [1.29, 1.82) is 0 Å². The number of nitrogens with zero attached hydrogens (tertiary/aromatic N) is 3. The van der Waals surface area contributed by atoms with Gasteiger partial charge in [0.1, 0.15) is 0 Å². The summed E-state index contributed by atoms with van der Waals surface area (Å²) in [5.74, 6) is 0. The maximum Gasteiger partial charge on any atom is 0.0715 e. The average Bonchev–Trinajstić information content (AvgIpc) is 4.00. The summed E-state index contributed by atoms with van der Waals surface area (Å²) < 4.78 is 4.92. The molecule has 0 N–H and O–H groups in total. The third-order valence-corrected chi connectivity index (χ3v) is 12.1. The lowest BCUT2D eigenvalue weighted by atomic mass is 9.96. The topological polar surface area (TPSA) is 21.7 Å². The Morgan fingerprint density at radius 1 is 0.250 bits per heavy atom. The zero-order chi connectivity index (χ0) is 36.5. The molecule has 13 aromatic rings. The lowest BCUT2D eigenvalue weighted by Crippen LogP contribution is -1.91. The second kappa shape index (κ2) is 11.0. The summed E-state index contributed by atoms with van der Waals surface area (Å²) in [4.78, 5) is 5.30. The van der Waals surface area contributed by atoms with E-state index in [0.29, 0.717) is 0 Å². The van der Waals surface area contributed by atoms with Crippen LogP contribution in [0.25, 0.3) is 121 Å². The van der Waals surface area contributed by atoms with E-state index < -0.39 is 0 Å². The van der Waals surface area contributed by atoms with Gasteiger partial charge in [-0.25, -0.2) is 4.98 Å². The fraction of sp³-hybridized carbons (Fsp3) is 0. The standard InChI is InChI=1S/C53H31N3/c1-3-12-32(13-4-1)37-30-46(33-14-5-2-6-15-33)54-47(31-37)35-23-25-51-43(27-35)45-29-36(28-44-39-17-8-10-21-49(39)56(51)53(44)45)34-22-24-50-42(26-34)41-19-11-18-40-38-16-7-9-20-48(38)55(50)52(40)41/h1-31H. The van der Waals surface area contributed by atoms with Gasteiger partial charge in [0.15, 0.2) is 0 Å². The monoisotopic (exact) mass is 709 g/mol. The zero-order valence-electron chi connectivity index (χ0n) is 30.2. The van der Waals surface area contributed by atoms with E-state index in [-0.39, 0.29) is 0 Å². The normalized spacial score (nSPS) is 12.3. The van der Waals surface area contributed by atoms with Crippen LogP contribution in [0.5, 0.6) is 0 Å². The smallest absolute Gasteiger partial charge is 0.0715 e. The Balaban J connectivity index is 1.06. The number of pyridine rings is 1. The van der Waals surface area contributed by atoms with Crippen molar-refractivity contribution < 1.29 is 0 Å². The molecule has 56 heavy (non-hydrogen) atoms. The third-order valence-electron chi connectivity index (χ3n) is 12.1. The van der Waals surface area contributed by atoms with Crippen LogP contribution in [0.1, 0.15) is 0 Å². The summed E-state index contributed by atoms with van der Waals surface area (Å²) in [6, 6.07) is 68.8. The van der Waals surface area contributed by atoms with Gasteiger partial charge in [0.05, 0.1) is 44.5 Å². The Morgan fingerprint density at radius 3 is 1.38 bits per heavy atom. The quantitative estimate of drug-likeness (QED) is 0.178. The van der Waals surface area contributed by atoms with E-state index in [9.17, 15) is 0 Å².